The van der Waals surface area contributed by atoms with Crippen molar-refractivity contribution in [2.75, 3.05) is 38.0 Å². The van der Waals surface area contributed by atoms with Crippen LogP contribution in [0, 0.1) is 14.9 Å². The number of aromatic nitrogens is 2. The number of hydrogen-bond donors (Lipinski definition) is 0. The highest BCUT2D eigenvalue weighted by Gasteiger charge is 2.03. The van der Waals surface area contributed by atoms with Crippen LogP contribution in [0.2, 0.25) is 0 Å². The van der Waals surface area contributed by atoms with E-state index < -0.39 is 0 Å². The Bertz CT molecular complexity index is 1240. The summed E-state index contributed by atoms with van der Waals surface area (Å²) >= 11 is 0. The van der Waals surface area contributed by atoms with Gasteiger partial charge in [-0.3, -0.25) is 0 Å². The van der Waals surface area contributed by atoms with Crippen molar-refractivity contribution < 1.29 is 9.13 Å². The fraction of sp³-hybridized carbons (Fsp3) is 0.263. The molecular weight excluding hydrogens is 512 g/mol. The zero-order valence-corrected chi connectivity index (χ0v) is 26.6. The summed E-state index contributed by atoms with van der Waals surface area (Å²) in [4.78, 5) is 4.24. The zero-order valence-electron chi connectivity index (χ0n) is 26.6. The second-order valence-corrected chi connectivity index (χ2v) is 10.8. The maximum Gasteiger partial charge on any atom is 0.169 e. The summed E-state index contributed by atoms with van der Waals surface area (Å²) in [6, 6.07) is 26.0. The summed E-state index contributed by atoms with van der Waals surface area (Å²) in [6.07, 6.45) is 22.4. The van der Waals surface area contributed by atoms with E-state index in [-0.39, 0.29) is 14.9 Å². The van der Waals surface area contributed by atoms with Crippen molar-refractivity contribution >= 4 is 35.7 Å². The average Bonchev–Trinajstić information content (AvgIpc) is 2.98. The topological polar surface area (TPSA) is 14.2 Å². The number of anilines is 2. The normalized spacial score (nSPS) is 10.9. The summed E-state index contributed by atoms with van der Waals surface area (Å²) in [7, 11) is 8.26. The molecule has 0 bridgehead atoms. The Balaban J connectivity index is 0.00000308. The van der Waals surface area contributed by atoms with Crippen LogP contribution in [-0.2, 0) is 13.1 Å². The number of aryl methyl sites for hydroxylation is 2. The molecule has 4 aromatic rings. The lowest BCUT2D eigenvalue weighted by atomic mass is 10.1. The van der Waals surface area contributed by atoms with E-state index in [0.29, 0.717) is 0 Å². The fourth-order valence-electron chi connectivity index (χ4n) is 4.55. The molecule has 0 aliphatic rings. The van der Waals surface area contributed by atoms with Crippen LogP contribution in [0.25, 0.3) is 24.3 Å². The van der Waals surface area contributed by atoms with Crippen molar-refractivity contribution in [1.29, 1.82) is 0 Å². The van der Waals surface area contributed by atoms with E-state index in [4.69, 9.17) is 0 Å². The highest BCUT2D eigenvalue weighted by atomic mass is 15.1. The third-order valence-electron chi connectivity index (χ3n) is 7.17. The number of pyridine rings is 2. The van der Waals surface area contributed by atoms with Gasteiger partial charge in [-0.2, -0.15) is 0 Å². The number of benzene rings is 2. The smallest absolute Gasteiger partial charge is 0.169 e. The number of unbranched alkanes of at least 4 members (excludes halogenated alkanes) is 3. The molecule has 222 valence electrons. The van der Waals surface area contributed by atoms with Gasteiger partial charge in [0.25, 0.3) is 0 Å². The Hall–Kier alpha value is -4.18. The van der Waals surface area contributed by atoms with Crippen LogP contribution in [-0.4, -0.2) is 28.2 Å². The van der Waals surface area contributed by atoms with Crippen LogP contribution < -0.4 is 18.9 Å². The maximum atomic E-state index is 2.29. The molecular formula is C38H50N4. The molecule has 4 nitrogen and oxygen atoms in total. The maximum absolute atomic E-state index is 2.29. The van der Waals surface area contributed by atoms with E-state index in [1.807, 2.05) is 0 Å². The standard InChI is InChI=1S/C36H44N4.2CH3/c1-37(2)35-17-13-31(14-18-35)9-11-33-21-27-39(28-22-33)25-7-5-6-8-26-40-29-23-34(24-30-40)12-10-32-15-19-36(20-16-32)38(3)4;;/h9-24,27-30H,5-8,25-26H2,1-4H3;2*1H3/q+2;2*-1. The van der Waals surface area contributed by atoms with E-state index in [1.165, 1.54) is 59.3 Å². The van der Waals surface area contributed by atoms with Crippen LogP contribution in [0.3, 0.4) is 0 Å². The first-order chi connectivity index (χ1) is 19.5. The van der Waals surface area contributed by atoms with Crippen molar-refractivity contribution in [3.05, 3.63) is 135 Å². The summed E-state index contributed by atoms with van der Waals surface area (Å²) in [6.45, 7) is 2.14. The minimum Gasteiger partial charge on any atom is -0.378 e. The first-order valence-corrected chi connectivity index (χ1v) is 14.4. The van der Waals surface area contributed by atoms with Crippen LogP contribution >= 0.6 is 0 Å². The molecule has 0 amide bonds. The Labute approximate surface area is 255 Å². The van der Waals surface area contributed by atoms with Crippen molar-refractivity contribution in [1.82, 2.24) is 0 Å². The van der Waals surface area contributed by atoms with Crippen molar-refractivity contribution in [3.8, 4) is 0 Å². The van der Waals surface area contributed by atoms with Gasteiger partial charge in [0.05, 0.1) is 0 Å². The van der Waals surface area contributed by atoms with Crippen LogP contribution in [0.5, 0.6) is 0 Å². The molecule has 0 unspecified atom stereocenters. The van der Waals surface area contributed by atoms with Gasteiger partial charge < -0.3 is 24.7 Å². The fourth-order valence-corrected chi connectivity index (χ4v) is 4.55. The minimum absolute atomic E-state index is 0. The molecule has 0 N–H and O–H groups in total. The van der Waals surface area contributed by atoms with Gasteiger partial charge in [0.15, 0.2) is 24.8 Å². The molecule has 0 aliphatic heterocycles. The molecule has 2 heterocycles. The van der Waals surface area contributed by atoms with Gasteiger partial charge in [-0.25, -0.2) is 9.13 Å². The molecule has 0 radical (unpaired) electrons. The van der Waals surface area contributed by atoms with Gasteiger partial charge >= 0.3 is 0 Å². The highest BCUT2D eigenvalue weighted by Crippen LogP contribution is 2.15. The monoisotopic (exact) mass is 562 g/mol. The number of hydrogen-bond acceptors (Lipinski definition) is 2. The van der Waals surface area contributed by atoms with E-state index in [0.717, 1.165) is 13.1 Å². The predicted octanol–water partition coefficient (Wildman–Crippen LogP) is 7.90. The summed E-state index contributed by atoms with van der Waals surface area (Å²) in [5.74, 6) is 0. The summed E-state index contributed by atoms with van der Waals surface area (Å²) in [5, 5.41) is 0. The first kappa shape index (κ1) is 34.0. The van der Waals surface area contributed by atoms with E-state index >= 15 is 0 Å². The molecule has 0 atom stereocenters. The van der Waals surface area contributed by atoms with Gasteiger partial charge in [-0.15, -0.1) is 0 Å². The molecule has 4 rings (SSSR count). The van der Waals surface area contributed by atoms with Crippen LogP contribution in [0.15, 0.2) is 97.6 Å². The molecule has 0 aliphatic carbocycles. The molecule has 4 heteroatoms. The van der Waals surface area contributed by atoms with E-state index in [1.54, 1.807) is 0 Å². The van der Waals surface area contributed by atoms with Gasteiger partial charge in [-0.1, -0.05) is 48.6 Å². The lowest BCUT2D eigenvalue weighted by Gasteiger charge is -2.11. The van der Waals surface area contributed by atoms with E-state index in [2.05, 4.69) is 169 Å². The third-order valence-corrected chi connectivity index (χ3v) is 7.17. The van der Waals surface area contributed by atoms with Gasteiger partial charge in [0.1, 0.15) is 13.1 Å². The molecule has 42 heavy (non-hydrogen) atoms. The Morgan fingerprint density at radius 1 is 0.429 bits per heavy atom. The second kappa shape index (κ2) is 17.6. The highest BCUT2D eigenvalue weighted by molar-refractivity contribution is 5.71. The number of rotatable bonds is 13. The largest absolute Gasteiger partial charge is 0.378 e. The van der Waals surface area contributed by atoms with Crippen LogP contribution in [0.1, 0.15) is 47.9 Å². The van der Waals surface area contributed by atoms with Crippen LogP contribution in [0.4, 0.5) is 11.4 Å². The Morgan fingerprint density at radius 2 is 0.714 bits per heavy atom. The number of nitrogens with zero attached hydrogens (tertiary/aromatic N) is 4. The molecule has 0 spiro atoms. The second-order valence-electron chi connectivity index (χ2n) is 10.8. The van der Waals surface area contributed by atoms with Crippen molar-refractivity contribution in [2.24, 2.45) is 0 Å². The minimum atomic E-state index is 0. The molecule has 0 saturated heterocycles. The van der Waals surface area contributed by atoms with Gasteiger partial charge in [0.2, 0.25) is 0 Å². The average molecular weight is 563 g/mol. The summed E-state index contributed by atoms with van der Waals surface area (Å²) in [5.41, 5.74) is 7.33. The Kier molecular flexibility index (Phi) is 14.3. The lowest BCUT2D eigenvalue weighted by molar-refractivity contribution is -0.698. The first-order valence-electron chi connectivity index (χ1n) is 14.4. The zero-order chi connectivity index (χ0) is 28.2. The third kappa shape index (κ3) is 11.0. The lowest BCUT2D eigenvalue weighted by Crippen LogP contribution is -2.33. The molecule has 0 saturated carbocycles. The molecule has 2 aromatic carbocycles. The van der Waals surface area contributed by atoms with Crippen molar-refractivity contribution in [2.45, 2.75) is 38.8 Å². The van der Waals surface area contributed by atoms with E-state index in [9.17, 15) is 0 Å². The van der Waals surface area contributed by atoms with Gasteiger partial charge in [-0.05, 0) is 59.4 Å². The Morgan fingerprint density at radius 3 is 1.00 bits per heavy atom. The predicted molar refractivity (Wildman–Crippen MR) is 184 cm³/mol. The SMILES string of the molecule is CN(C)c1ccc(/C=C/c2cc[n+](CCCCCC[n+]3ccc(/C=C/c4ccc(N(C)C)cc4)cc3)cc2)cc1.[CH3-].[CH3-]. The summed E-state index contributed by atoms with van der Waals surface area (Å²) < 4.78 is 4.58. The van der Waals surface area contributed by atoms with Crippen molar-refractivity contribution in [3.63, 3.8) is 0 Å². The molecule has 0 fully saturated rings. The quantitative estimate of drug-likeness (QED) is 0.0934. The van der Waals surface area contributed by atoms with Gasteiger partial charge in [0, 0.05) is 76.7 Å². The molecule has 2 aromatic heterocycles.